The Bertz CT molecular complexity index is 479. The van der Waals surface area contributed by atoms with Gasteiger partial charge in [-0.25, -0.2) is 9.67 Å². The van der Waals surface area contributed by atoms with Gasteiger partial charge in [-0.1, -0.05) is 25.5 Å². The average molecular weight is 231 g/mol. The maximum atomic E-state index is 5.30. The third-order valence-corrected chi connectivity index (χ3v) is 2.63. The average Bonchev–Trinajstić information content (AvgIpc) is 2.85. The smallest absolute Gasteiger partial charge is 0.151 e. The largest absolute Gasteiger partial charge is 0.494 e. The van der Waals surface area contributed by atoms with Gasteiger partial charge in [-0.05, 0) is 18.6 Å². The number of aryl methyl sites for hydroxylation is 1. The summed E-state index contributed by atoms with van der Waals surface area (Å²) in [5.74, 6) is 1.69. The first kappa shape index (κ1) is 11.6. The van der Waals surface area contributed by atoms with Crippen molar-refractivity contribution in [1.29, 1.82) is 0 Å². The van der Waals surface area contributed by atoms with Crippen LogP contribution in [0.4, 0.5) is 0 Å². The highest BCUT2D eigenvalue weighted by atomic mass is 16.5. The third kappa shape index (κ3) is 2.64. The Balaban J connectivity index is 2.24. The van der Waals surface area contributed by atoms with Gasteiger partial charge in [0.05, 0.1) is 7.11 Å². The number of hydrogen-bond acceptors (Lipinski definition) is 3. The van der Waals surface area contributed by atoms with Gasteiger partial charge in [0.2, 0.25) is 0 Å². The summed E-state index contributed by atoms with van der Waals surface area (Å²) in [5, 5.41) is 4.45. The highest BCUT2D eigenvalue weighted by molar-refractivity contribution is 5.45. The topological polar surface area (TPSA) is 39.9 Å². The number of rotatable bonds is 5. The molecule has 1 aromatic carbocycles. The molecule has 17 heavy (non-hydrogen) atoms. The van der Waals surface area contributed by atoms with Crippen molar-refractivity contribution in [1.82, 2.24) is 14.8 Å². The summed E-state index contributed by atoms with van der Waals surface area (Å²) >= 11 is 0. The molecular weight excluding hydrogens is 214 g/mol. The molecular formula is C13H17N3O. The SMILES string of the molecule is CCCCc1ncn(-c2ccccc2OC)n1. The van der Waals surface area contributed by atoms with Crippen molar-refractivity contribution in [3.05, 3.63) is 36.4 Å². The number of methoxy groups -OCH3 is 1. The number of hydrogen-bond donors (Lipinski definition) is 0. The minimum absolute atomic E-state index is 0.805. The number of unbranched alkanes of at least 4 members (excludes halogenated alkanes) is 1. The zero-order valence-electron chi connectivity index (χ0n) is 10.3. The van der Waals surface area contributed by atoms with Crippen molar-refractivity contribution < 1.29 is 4.74 Å². The fraction of sp³-hybridized carbons (Fsp3) is 0.385. The lowest BCUT2D eigenvalue weighted by atomic mass is 10.2. The quantitative estimate of drug-likeness (QED) is 0.794. The zero-order valence-corrected chi connectivity index (χ0v) is 10.3. The molecule has 0 saturated heterocycles. The highest BCUT2D eigenvalue weighted by Gasteiger charge is 2.06. The summed E-state index contributed by atoms with van der Waals surface area (Å²) in [6, 6.07) is 7.79. The lowest BCUT2D eigenvalue weighted by Crippen LogP contribution is -1.99. The van der Waals surface area contributed by atoms with E-state index in [1.54, 1.807) is 18.1 Å². The van der Waals surface area contributed by atoms with E-state index in [0.717, 1.165) is 36.5 Å². The minimum atomic E-state index is 0.805. The Kier molecular flexibility index (Phi) is 3.75. The first-order valence-electron chi connectivity index (χ1n) is 5.89. The van der Waals surface area contributed by atoms with Gasteiger partial charge < -0.3 is 4.74 Å². The number of para-hydroxylation sites is 2. The van der Waals surface area contributed by atoms with Gasteiger partial charge in [0, 0.05) is 6.42 Å². The Hall–Kier alpha value is -1.84. The Morgan fingerprint density at radius 1 is 1.29 bits per heavy atom. The second-order valence-electron chi connectivity index (χ2n) is 3.88. The Morgan fingerprint density at radius 3 is 2.88 bits per heavy atom. The fourth-order valence-electron chi connectivity index (χ4n) is 1.68. The summed E-state index contributed by atoms with van der Waals surface area (Å²) in [5.41, 5.74) is 0.922. The van der Waals surface area contributed by atoms with Crippen LogP contribution < -0.4 is 4.74 Å². The lowest BCUT2D eigenvalue weighted by molar-refractivity contribution is 0.411. The first-order valence-corrected chi connectivity index (χ1v) is 5.89. The van der Waals surface area contributed by atoms with Gasteiger partial charge in [-0.3, -0.25) is 0 Å². The molecule has 0 spiro atoms. The second kappa shape index (κ2) is 5.48. The molecule has 0 saturated carbocycles. The van der Waals surface area contributed by atoms with E-state index in [9.17, 15) is 0 Å². The highest BCUT2D eigenvalue weighted by Crippen LogP contribution is 2.20. The molecule has 4 heteroatoms. The van der Waals surface area contributed by atoms with Crippen molar-refractivity contribution in [3.63, 3.8) is 0 Å². The van der Waals surface area contributed by atoms with Crippen LogP contribution in [0.2, 0.25) is 0 Å². The Labute approximate surface area is 101 Å². The van der Waals surface area contributed by atoms with E-state index in [4.69, 9.17) is 4.74 Å². The number of ether oxygens (including phenoxy) is 1. The Morgan fingerprint density at radius 2 is 2.12 bits per heavy atom. The van der Waals surface area contributed by atoms with E-state index < -0.39 is 0 Å². The van der Waals surface area contributed by atoms with E-state index in [-0.39, 0.29) is 0 Å². The van der Waals surface area contributed by atoms with Crippen molar-refractivity contribution in [2.45, 2.75) is 26.2 Å². The lowest BCUT2D eigenvalue weighted by Gasteiger charge is -2.06. The van der Waals surface area contributed by atoms with Gasteiger partial charge in [0.25, 0.3) is 0 Å². The molecule has 1 aromatic heterocycles. The summed E-state index contributed by atoms with van der Waals surface area (Å²) in [7, 11) is 1.66. The molecule has 0 amide bonds. The van der Waals surface area contributed by atoms with Crippen LogP contribution in [0.1, 0.15) is 25.6 Å². The fourth-order valence-corrected chi connectivity index (χ4v) is 1.68. The van der Waals surface area contributed by atoms with E-state index >= 15 is 0 Å². The van der Waals surface area contributed by atoms with Crippen LogP contribution in [-0.2, 0) is 6.42 Å². The summed E-state index contributed by atoms with van der Waals surface area (Å²) in [6.07, 6.45) is 4.95. The van der Waals surface area contributed by atoms with E-state index in [0.29, 0.717) is 0 Å². The molecule has 0 bridgehead atoms. The maximum Gasteiger partial charge on any atom is 0.151 e. The minimum Gasteiger partial charge on any atom is -0.494 e. The van der Waals surface area contributed by atoms with Crippen LogP contribution >= 0.6 is 0 Å². The number of nitrogens with zero attached hydrogens (tertiary/aromatic N) is 3. The van der Waals surface area contributed by atoms with Gasteiger partial charge in [0.15, 0.2) is 5.82 Å². The van der Waals surface area contributed by atoms with Crippen LogP contribution in [-0.4, -0.2) is 21.9 Å². The van der Waals surface area contributed by atoms with Crippen molar-refractivity contribution >= 4 is 0 Å². The first-order chi connectivity index (χ1) is 8.35. The molecule has 1 heterocycles. The molecule has 4 nitrogen and oxygen atoms in total. The molecule has 0 N–H and O–H groups in total. The van der Waals surface area contributed by atoms with Crippen LogP contribution in [0, 0.1) is 0 Å². The summed E-state index contributed by atoms with van der Waals surface area (Å²) in [6.45, 7) is 2.16. The van der Waals surface area contributed by atoms with E-state index in [2.05, 4.69) is 17.0 Å². The van der Waals surface area contributed by atoms with Crippen molar-refractivity contribution in [3.8, 4) is 11.4 Å². The number of benzene rings is 1. The monoisotopic (exact) mass is 231 g/mol. The predicted molar refractivity (Wildman–Crippen MR) is 66.5 cm³/mol. The molecule has 0 aliphatic rings. The normalized spacial score (nSPS) is 10.5. The molecule has 2 rings (SSSR count). The molecule has 0 unspecified atom stereocenters. The maximum absolute atomic E-state index is 5.30. The van der Waals surface area contributed by atoms with Crippen LogP contribution in [0.3, 0.4) is 0 Å². The van der Waals surface area contributed by atoms with E-state index in [1.165, 1.54) is 0 Å². The van der Waals surface area contributed by atoms with Crippen molar-refractivity contribution in [2.24, 2.45) is 0 Å². The number of aromatic nitrogens is 3. The second-order valence-corrected chi connectivity index (χ2v) is 3.88. The summed E-state index contributed by atoms with van der Waals surface area (Å²) < 4.78 is 7.07. The summed E-state index contributed by atoms with van der Waals surface area (Å²) in [4.78, 5) is 4.30. The standard InChI is InChI=1S/C13H17N3O/c1-3-4-9-13-14-10-16(15-13)11-7-5-6-8-12(11)17-2/h5-8,10H,3-4,9H2,1-2H3. The van der Waals surface area contributed by atoms with Crippen LogP contribution in [0.25, 0.3) is 5.69 Å². The molecule has 0 fully saturated rings. The molecule has 90 valence electrons. The third-order valence-electron chi connectivity index (χ3n) is 2.63. The molecule has 2 aromatic rings. The molecule has 0 aliphatic carbocycles. The van der Waals surface area contributed by atoms with Crippen molar-refractivity contribution in [2.75, 3.05) is 7.11 Å². The van der Waals surface area contributed by atoms with Crippen LogP contribution in [0.15, 0.2) is 30.6 Å². The van der Waals surface area contributed by atoms with E-state index in [1.807, 2.05) is 24.3 Å². The van der Waals surface area contributed by atoms with Gasteiger partial charge in [-0.15, -0.1) is 0 Å². The zero-order chi connectivity index (χ0) is 12.1. The van der Waals surface area contributed by atoms with Gasteiger partial charge in [0.1, 0.15) is 17.8 Å². The van der Waals surface area contributed by atoms with Crippen LogP contribution in [0.5, 0.6) is 5.75 Å². The van der Waals surface area contributed by atoms with Gasteiger partial charge >= 0.3 is 0 Å². The molecule has 0 atom stereocenters. The predicted octanol–water partition coefficient (Wildman–Crippen LogP) is 2.62. The molecule has 0 aliphatic heterocycles. The molecule has 0 radical (unpaired) electrons. The van der Waals surface area contributed by atoms with Gasteiger partial charge in [-0.2, -0.15) is 5.10 Å².